The van der Waals surface area contributed by atoms with E-state index in [0.717, 1.165) is 6.07 Å². The quantitative estimate of drug-likeness (QED) is 0.761. The first kappa shape index (κ1) is 15.9. The molecule has 0 radical (unpaired) electrons. The van der Waals surface area contributed by atoms with Crippen LogP contribution in [0.25, 0.3) is 0 Å². The summed E-state index contributed by atoms with van der Waals surface area (Å²) < 4.78 is 27.3. The number of carboxylic acids is 1. The molecule has 0 amide bonds. The molecule has 0 aliphatic carbocycles. The number of hydrogen-bond donors (Lipinski definition) is 2. The van der Waals surface area contributed by atoms with Crippen LogP contribution >= 0.6 is 31.9 Å². The number of nitrogens with one attached hydrogen (secondary N) is 1. The number of carbonyl (C=O) groups is 1. The van der Waals surface area contributed by atoms with Crippen molar-refractivity contribution in [3.63, 3.8) is 0 Å². The Kier molecular flexibility index (Phi) is 4.59. The third kappa shape index (κ3) is 3.77. The Morgan fingerprint density at radius 3 is 2.62 bits per heavy atom. The molecule has 0 unspecified atom stereocenters. The van der Waals surface area contributed by atoms with Gasteiger partial charge < -0.3 is 5.11 Å². The normalized spacial score (nSPS) is 11.1. The summed E-state index contributed by atoms with van der Waals surface area (Å²) in [5.74, 6) is -1.21. The first-order chi connectivity index (χ1) is 9.79. The molecule has 2 rings (SSSR count). The SMILES string of the molecule is O=C(O)c1cccc(S(=O)(=O)Nc2ncc(Br)nc2Br)c1. The van der Waals surface area contributed by atoms with Gasteiger partial charge in [0.2, 0.25) is 0 Å². The summed E-state index contributed by atoms with van der Waals surface area (Å²) in [5.41, 5.74) is -0.126. The van der Waals surface area contributed by atoms with E-state index in [0.29, 0.717) is 4.60 Å². The molecule has 1 aromatic carbocycles. The van der Waals surface area contributed by atoms with Crippen LogP contribution in [0, 0.1) is 0 Å². The fourth-order valence-electron chi connectivity index (χ4n) is 1.40. The van der Waals surface area contributed by atoms with Crippen LogP contribution in [0.4, 0.5) is 5.82 Å². The largest absolute Gasteiger partial charge is 0.478 e. The minimum atomic E-state index is -3.97. The fraction of sp³-hybridized carbons (Fsp3) is 0. The van der Waals surface area contributed by atoms with Gasteiger partial charge in [0.25, 0.3) is 10.0 Å². The van der Waals surface area contributed by atoms with Gasteiger partial charge in [-0.15, -0.1) is 0 Å². The summed E-state index contributed by atoms with van der Waals surface area (Å²) in [5, 5.41) is 8.89. The predicted molar refractivity (Wildman–Crippen MR) is 81.6 cm³/mol. The van der Waals surface area contributed by atoms with Crippen LogP contribution in [0.5, 0.6) is 0 Å². The predicted octanol–water partition coefficient (Wildman–Crippen LogP) is 2.50. The standard InChI is InChI=1S/C11H7Br2N3O4S/c12-8-5-14-10(9(13)15-8)16-21(19,20)7-3-1-2-6(4-7)11(17)18/h1-5H,(H,14,16)(H,17,18). The number of carboxylic acid groups (broad SMARTS) is 1. The summed E-state index contributed by atoms with van der Waals surface area (Å²) in [6, 6.07) is 5.00. The number of rotatable bonds is 4. The first-order valence-corrected chi connectivity index (χ1v) is 8.41. The molecule has 0 spiro atoms. The monoisotopic (exact) mass is 435 g/mol. The van der Waals surface area contributed by atoms with Crippen LogP contribution in [-0.2, 0) is 10.0 Å². The highest BCUT2D eigenvalue weighted by molar-refractivity contribution is 9.11. The summed E-state index contributed by atoms with van der Waals surface area (Å²) in [6.07, 6.45) is 1.33. The second kappa shape index (κ2) is 6.08. The van der Waals surface area contributed by atoms with Gasteiger partial charge in [-0.2, -0.15) is 0 Å². The Morgan fingerprint density at radius 1 is 1.29 bits per heavy atom. The lowest BCUT2D eigenvalue weighted by atomic mass is 10.2. The van der Waals surface area contributed by atoms with Crippen molar-refractivity contribution in [2.75, 3.05) is 4.72 Å². The maximum atomic E-state index is 12.2. The van der Waals surface area contributed by atoms with E-state index in [1.54, 1.807) is 0 Å². The van der Waals surface area contributed by atoms with Gasteiger partial charge in [-0.1, -0.05) is 6.07 Å². The zero-order chi connectivity index (χ0) is 15.6. The number of benzene rings is 1. The van der Waals surface area contributed by atoms with E-state index >= 15 is 0 Å². The van der Waals surface area contributed by atoms with Crippen LogP contribution in [0.3, 0.4) is 0 Å². The summed E-state index contributed by atoms with van der Waals surface area (Å²) in [7, 11) is -3.97. The molecule has 0 saturated carbocycles. The van der Waals surface area contributed by atoms with Gasteiger partial charge in [0.05, 0.1) is 16.7 Å². The number of anilines is 1. The van der Waals surface area contributed by atoms with E-state index < -0.39 is 16.0 Å². The van der Waals surface area contributed by atoms with E-state index in [-0.39, 0.29) is 20.9 Å². The van der Waals surface area contributed by atoms with Crippen LogP contribution in [-0.4, -0.2) is 29.5 Å². The first-order valence-electron chi connectivity index (χ1n) is 5.34. The third-order valence-electron chi connectivity index (χ3n) is 2.32. The van der Waals surface area contributed by atoms with E-state index in [2.05, 4.69) is 46.5 Å². The smallest absolute Gasteiger partial charge is 0.335 e. The Hall–Kier alpha value is -1.52. The molecule has 10 heteroatoms. The van der Waals surface area contributed by atoms with Gasteiger partial charge in [0.15, 0.2) is 10.4 Å². The number of halogens is 2. The van der Waals surface area contributed by atoms with Crippen LogP contribution in [0.15, 0.2) is 44.6 Å². The van der Waals surface area contributed by atoms with Crippen molar-refractivity contribution >= 4 is 53.7 Å². The van der Waals surface area contributed by atoms with Crippen LogP contribution in [0.2, 0.25) is 0 Å². The molecule has 0 aliphatic heterocycles. The highest BCUT2D eigenvalue weighted by atomic mass is 79.9. The molecule has 21 heavy (non-hydrogen) atoms. The minimum absolute atomic E-state index is 0.000993. The second-order valence-electron chi connectivity index (χ2n) is 3.77. The average molecular weight is 437 g/mol. The van der Waals surface area contributed by atoms with E-state index in [4.69, 9.17) is 5.11 Å². The van der Waals surface area contributed by atoms with Crippen LogP contribution in [0.1, 0.15) is 10.4 Å². The lowest BCUT2D eigenvalue weighted by Crippen LogP contribution is -2.15. The number of aromatic carboxylic acids is 1. The molecule has 0 atom stereocenters. The van der Waals surface area contributed by atoms with Crippen molar-refractivity contribution in [1.29, 1.82) is 0 Å². The maximum absolute atomic E-state index is 12.2. The van der Waals surface area contributed by atoms with Crippen molar-refractivity contribution in [3.05, 3.63) is 45.2 Å². The third-order valence-corrected chi connectivity index (χ3v) is 4.59. The zero-order valence-electron chi connectivity index (χ0n) is 10.1. The van der Waals surface area contributed by atoms with Gasteiger partial charge in [-0.3, -0.25) is 4.72 Å². The fourth-order valence-corrected chi connectivity index (χ4v) is 3.50. The Balaban J connectivity index is 2.38. The number of hydrogen-bond acceptors (Lipinski definition) is 5. The highest BCUT2D eigenvalue weighted by Gasteiger charge is 2.18. The van der Waals surface area contributed by atoms with Crippen LogP contribution < -0.4 is 4.72 Å². The molecule has 1 aromatic heterocycles. The zero-order valence-corrected chi connectivity index (χ0v) is 14.1. The molecular formula is C11H7Br2N3O4S. The van der Waals surface area contributed by atoms with E-state index in [9.17, 15) is 13.2 Å². The molecule has 110 valence electrons. The highest BCUT2D eigenvalue weighted by Crippen LogP contribution is 2.23. The van der Waals surface area contributed by atoms with E-state index in [1.807, 2.05) is 0 Å². The molecule has 0 fully saturated rings. The molecule has 7 nitrogen and oxygen atoms in total. The topological polar surface area (TPSA) is 109 Å². The minimum Gasteiger partial charge on any atom is -0.478 e. The Bertz CT molecular complexity index is 811. The molecule has 0 bridgehead atoms. The summed E-state index contributed by atoms with van der Waals surface area (Å²) in [6.45, 7) is 0. The van der Waals surface area contributed by atoms with E-state index in [1.165, 1.54) is 24.4 Å². The van der Waals surface area contributed by atoms with Gasteiger partial charge in [0.1, 0.15) is 4.60 Å². The van der Waals surface area contributed by atoms with Crippen molar-refractivity contribution in [1.82, 2.24) is 9.97 Å². The van der Waals surface area contributed by atoms with Crippen molar-refractivity contribution < 1.29 is 18.3 Å². The summed E-state index contributed by atoms with van der Waals surface area (Å²) >= 11 is 6.19. The van der Waals surface area contributed by atoms with Crippen molar-refractivity contribution in [2.45, 2.75) is 4.90 Å². The van der Waals surface area contributed by atoms with Gasteiger partial charge >= 0.3 is 5.97 Å². The molecule has 2 N–H and O–H groups in total. The molecular weight excluding hydrogens is 430 g/mol. The summed E-state index contributed by atoms with van der Waals surface area (Å²) in [4.78, 5) is 18.5. The molecule has 0 aliphatic rings. The number of aromatic nitrogens is 2. The van der Waals surface area contributed by atoms with Gasteiger partial charge in [-0.25, -0.2) is 23.2 Å². The van der Waals surface area contributed by atoms with Crippen molar-refractivity contribution in [3.8, 4) is 0 Å². The van der Waals surface area contributed by atoms with Gasteiger partial charge in [-0.05, 0) is 50.1 Å². The van der Waals surface area contributed by atoms with Crippen molar-refractivity contribution in [2.24, 2.45) is 0 Å². The Morgan fingerprint density at radius 2 is 2.00 bits per heavy atom. The lowest BCUT2D eigenvalue weighted by Gasteiger charge is -2.09. The molecule has 1 heterocycles. The number of sulfonamides is 1. The molecule has 0 saturated heterocycles. The second-order valence-corrected chi connectivity index (χ2v) is 7.02. The number of nitrogens with zero attached hydrogens (tertiary/aromatic N) is 2. The average Bonchev–Trinajstić information content (AvgIpc) is 2.42. The lowest BCUT2D eigenvalue weighted by molar-refractivity contribution is 0.0696. The maximum Gasteiger partial charge on any atom is 0.335 e. The Labute approximate surface area is 136 Å². The van der Waals surface area contributed by atoms with Gasteiger partial charge in [0, 0.05) is 0 Å². The molecule has 2 aromatic rings.